The van der Waals surface area contributed by atoms with Gasteiger partial charge in [0.2, 0.25) is 0 Å². The maximum atomic E-state index is 2.49. The summed E-state index contributed by atoms with van der Waals surface area (Å²) in [5.41, 5.74) is 9.32. The lowest BCUT2D eigenvalue weighted by Crippen LogP contribution is -2.74. The molecule has 0 N–H and O–H groups in total. The Hall–Kier alpha value is -7.76. The number of nitrogens with zero attached hydrogens (tertiary/aromatic N) is 2. The lowest BCUT2D eigenvalue weighted by Gasteiger charge is -2.35. The zero-order chi connectivity index (χ0) is 42.5. The van der Waals surface area contributed by atoms with Crippen molar-refractivity contribution in [2.75, 3.05) is 4.90 Å². The molecule has 0 bridgehead atoms. The van der Waals surface area contributed by atoms with Crippen molar-refractivity contribution < 1.29 is 0 Å². The molecule has 0 saturated carbocycles. The summed E-state index contributed by atoms with van der Waals surface area (Å²) in [5, 5.41) is 10.5. The maximum absolute atomic E-state index is 2.73. The van der Waals surface area contributed by atoms with E-state index in [2.05, 4.69) is 264 Å². The molecule has 0 spiro atoms. The van der Waals surface area contributed by atoms with Crippen molar-refractivity contribution in [3.63, 3.8) is 0 Å². The van der Waals surface area contributed by atoms with Crippen molar-refractivity contribution in [1.82, 2.24) is 4.57 Å². The molecular formula is C60H42N2SSi. The first kappa shape index (κ1) is 38.0. The van der Waals surface area contributed by atoms with Gasteiger partial charge in [0.1, 0.15) is 0 Å². The molecule has 0 radical (unpaired) electrons. The zero-order valence-electron chi connectivity index (χ0n) is 35.1. The Labute approximate surface area is 378 Å². The number of thiophene rings is 1. The number of hydrogen-bond donors (Lipinski definition) is 0. The van der Waals surface area contributed by atoms with E-state index in [-0.39, 0.29) is 0 Å². The van der Waals surface area contributed by atoms with E-state index in [1.165, 1.54) is 73.9 Å². The third-order valence-electron chi connectivity index (χ3n) is 12.9. The Morgan fingerprint density at radius 1 is 0.359 bits per heavy atom. The van der Waals surface area contributed by atoms with Crippen LogP contribution in [0, 0.1) is 0 Å². The summed E-state index contributed by atoms with van der Waals surface area (Å²) in [7, 11) is -2.73. The number of anilines is 3. The van der Waals surface area contributed by atoms with Gasteiger partial charge in [0.25, 0.3) is 0 Å². The average molecular weight is 851 g/mol. The minimum Gasteiger partial charge on any atom is -0.310 e. The van der Waals surface area contributed by atoms with Gasteiger partial charge >= 0.3 is 0 Å². The highest BCUT2D eigenvalue weighted by Crippen LogP contribution is 2.46. The van der Waals surface area contributed by atoms with E-state index in [1.807, 2.05) is 11.3 Å². The third-order valence-corrected chi connectivity index (χ3v) is 18.9. The Bertz CT molecular complexity index is 3500. The molecule has 0 saturated heterocycles. The maximum Gasteiger partial charge on any atom is 0.179 e. The smallest absolute Gasteiger partial charge is 0.179 e. The van der Waals surface area contributed by atoms with Crippen LogP contribution in [0.3, 0.4) is 0 Å². The van der Waals surface area contributed by atoms with E-state index in [0.29, 0.717) is 0 Å². The van der Waals surface area contributed by atoms with Crippen LogP contribution in [0.2, 0.25) is 0 Å². The van der Waals surface area contributed by atoms with E-state index < -0.39 is 8.07 Å². The first-order chi connectivity index (χ1) is 31.8. The lowest BCUT2D eigenvalue weighted by atomic mass is 9.98. The number of rotatable bonds is 9. The van der Waals surface area contributed by atoms with Crippen molar-refractivity contribution in [3.05, 3.63) is 255 Å². The molecule has 0 aliphatic rings. The molecule has 0 atom stereocenters. The highest BCUT2D eigenvalue weighted by molar-refractivity contribution is 7.26. The van der Waals surface area contributed by atoms with Gasteiger partial charge in [-0.3, -0.25) is 0 Å². The van der Waals surface area contributed by atoms with Gasteiger partial charge < -0.3 is 9.47 Å². The van der Waals surface area contributed by atoms with Crippen molar-refractivity contribution >= 4 is 99.2 Å². The second-order valence-electron chi connectivity index (χ2n) is 16.4. The molecule has 2 nitrogen and oxygen atoms in total. The Balaban J connectivity index is 1.08. The largest absolute Gasteiger partial charge is 0.310 e. The van der Waals surface area contributed by atoms with Gasteiger partial charge in [0, 0.05) is 48.0 Å². The fraction of sp³-hybridized carbons (Fsp3) is 0. The van der Waals surface area contributed by atoms with E-state index >= 15 is 0 Å². The van der Waals surface area contributed by atoms with Crippen LogP contribution in [0.4, 0.5) is 17.1 Å². The number of para-hydroxylation sites is 2. The zero-order valence-corrected chi connectivity index (χ0v) is 36.9. The SMILES string of the molecule is c1ccc(-n2c3ccccc3c3c(-c4cccc(N(c5ccc([Si](c6ccccc6)(c6ccccc6)c6ccccc6)cc5)c5cccc6sc7ccccc7c56)c4)cccc32)cc1. The minimum absolute atomic E-state index is 1.11. The van der Waals surface area contributed by atoms with Crippen molar-refractivity contribution in [1.29, 1.82) is 0 Å². The lowest BCUT2D eigenvalue weighted by molar-refractivity contribution is 1.18. The summed E-state index contributed by atoms with van der Waals surface area (Å²) in [6.45, 7) is 0. The summed E-state index contributed by atoms with van der Waals surface area (Å²) >= 11 is 1.86. The molecule has 0 amide bonds. The van der Waals surface area contributed by atoms with E-state index in [0.717, 1.165) is 22.7 Å². The van der Waals surface area contributed by atoms with Gasteiger partial charge in [-0.25, -0.2) is 0 Å². The molecule has 0 aliphatic carbocycles. The van der Waals surface area contributed by atoms with Crippen molar-refractivity contribution in [3.8, 4) is 16.8 Å². The standard InChI is InChI=1S/C60H42N2SSi/c1-5-21-44(22-6-1)62-54-33-15-13-30-52(54)59-51(32-18-34-55(59)62)43-20-17-23-46(42-43)61(56-35-19-37-58-60(56)53-31-14-16-36-57(53)63-58)45-38-40-50(41-39-45)64(47-24-7-2-8-25-47,48-26-9-3-10-27-48)49-28-11-4-12-29-49/h1-42H. The van der Waals surface area contributed by atoms with Crippen LogP contribution < -0.4 is 25.6 Å². The van der Waals surface area contributed by atoms with E-state index in [4.69, 9.17) is 0 Å². The molecule has 0 fully saturated rings. The van der Waals surface area contributed by atoms with Gasteiger partial charge in [0.05, 0.1) is 16.7 Å². The highest BCUT2D eigenvalue weighted by atomic mass is 32.1. The molecular weight excluding hydrogens is 809 g/mol. The molecule has 0 aliphatic heterocycles. The van der Waals surface area contributed by atoms with Crippen LogP contribution in [0.25, 0.3) is 58.8 Å². The molecule has 12 rings (SSSR count). The second kappa shape index (κ2) is 15.9. The van der Waals surface area contributed by atoms with Gasteiger partial charge in [-0.2, -0.15) is 0 Å². The number of hydrogen-bond acceptors (Lipinski definition) is 2. The summed E-state index contributed by atoms with van der Waals surface area (Å²) in [4.78, 5) is 2.49. The van der Waals surface area contributed by atoms with Crippen LogP contribution in [0.1, 0.15) is 0 Å². The topological polar surface area (TPSA) is 8.17 Å². The monoisotopic (exact) mass is 850 g/mol. The van der Waals surface area contributed by atoms with Gasteiger partial charge in [-0.1, -0.05) is 188 Å². The van der Waals surface area contributed by atoms with Crippen LogP contribution >= 0.6 is 11.3 Å². The molecule has 2 heterocycles. The molecule has 2 aromatic heterocycles. The molecule has 4 heteroatoms. The van der Waals surface area contributed by atoms with Crippen LogP contribution in [0.15, 0.2) is 255 Å². The quantitative estimate of drug-likeness (QED) is 0.104. The highest BCUT2D eigenvalue weighted by Gasteiger charge is 2.41. The predicted octanol–water partition coefficient (Wildman–Crippen LogP) is 13.7. The summed E-state index contributed by atoms with van der Waals surface area (Å²) in [6, 6.07) is 94.1. The first-order valence-corrected chi connectivity index (χ1v) is 24.7. The molecule has 12 aromatic rings. The van der Waals surface area contributed by atoms with Gasteiger partial charge in [-0.15, -0.1) is 11.3 Å². The second-order valence-corrected chi connectivity index (χ2v) is 21.3. The first-order valence-electron chi connectivity index (χ1n) is 21.9. The Morgan fingerprint density at radius 3 is 1.58 bits per heavy atom. The van der Waals surface area contributed by atoms with Crippen molar-refractivity contribution in [2.24, 2.45) is 0 Å². The molecule has 302 valence electrons. The Kier molecular flexibility index (Phi) is 9.40. The van der Waals surface area contributed by atoms with Crippen LogP contribution in [0.5, 0.6) is 0 Å². The molecule has 0 unspecified atom stereocenters. The fourth-order valence-corrected chi connectivity index (χ4v) is 16.1. The minimum atomic E-state index is -2.73. The summed E-state index contributed by atoms with van der Waals surface area (Å²) < 4.78 is 4.97. The van der Waals surface area contributed by atoms with Gasteiger partial charge in [-0.05, 0) is 98.6 Å². The normalized spacial score (nSPS) is 11.8. The van der Waals surface area contributed by atoms with Gasteiger partial charge in [0.15, 0.2) is 8.07 Å². The van der Waals surface area contributed by atoms with Crippen LogP contribution in [-0.2, 0) is 0 Å². The average Bonchev–Trinajstić information content (AvgIpc) is 3.93. The van der Waals surface area contributed by atoms with E-state index in [1.54, 1.807) is 0 Å². The van der Waals surface area contributed by atoms with Crippen molar-refractivity contribution in [2.45, 2.75) is 0 Å². The fourth-order valence-electron chi connectivity index (χ4n) is 10.2. The summed E-state index contributed by atoms with van der Waals surface area (Å²) in [6.07, 6.45) is 0. The van der Waals surface area contributed by atoms with Crippen LogP contribution in [-0.4, -0.2) is 12.6 Å². The molecule has 10 aromatic carbocycles. The van der Waals surface area contributed by atoms with E-state index in [9.17, 15) is 0 Å². The Morgan fingerprint density at radius 2 is 0.891 bits per heavy atom. The third kappa shape index (κ3) is 6.14. The number of aromatic nitrogens is 1. The molecule has 64 heavy (non-hydrogen) atoms. The number of benzene rings is 10. The predicted molar refractivity (Wildman–Crippen MR) is 277 cm³/mol. The summed E-state index contributed by atoms with van der Waals surface area (Å²) in [5.74, 6) is 0. The number of fused-ring (bicyclic) bond motifs is 6.